The Morgan fingerprint density at radius 3 is 2.50 bits per heavy atom. The maximum atomic E-state index is 12.7. The summed E-state index contributed by atoms with van der Waals surface area (Å²) in [6, 6.07) is 1.98. The lowest BCUT2D eigenvalue weighted by atomic mass is 9.76. The largest absolute Gasteiger partial charge is 0.481 e. The fraction of sp³-hybridized carbons (Fsp3) is 0.471. The van der Waals surface area contributed by atoms with Gasteiger partial charge in [-0.2, -0.15) is 13.2 Å². The fourth-order valence-electron chi connectivity index (χ4n) is 3.22. The van der Waals surface area contributed by atoms with Crippen LogP contribution in [0.5, 0.6) is 0 Å². The molecule has 8 nitrogen and oxygen atoms in total. The number of hydrogen-bond donors (Lipinski definition) is 1. The molecule has 2 aromatic heterocycles. The second-order valence-corrected chi connectivity index (χ2v) is 7.04. The van der Waals surface area contributed by atoms with E-state index in [2.05, 4.69) is 15.3 Å². The number of halogens is 3. The van der Waals surface area contributed by atoms with E-state index in [-0.39, 0.29) is 30.5 Å². The molecule has 0 aromatic carbocycles. The smallest absolute Gasteiger partial charge is 0.417 e. The minimum absolute atomic E-state index is 0.0355. The molecule has 1 N–H and O–H groups in total. The Balaban J connectivity index is 1.77. The minimum Gasteiger partial charge on any atom is -0.481 e. The van der Waals surface area contributed by atoms with Crippen molar-refractivity contribution in [3.63, 3.8) is 0 Å². The maximum Gasteiger partial charge on any atom is 0.417 e. The number of rotatable bonds is 4. The summed E-state index contributed by atoms with van der Waals surface area (Å²) >= 11 is 0. The van der Waals surface area contributed by atoms with Crippen molar-refractivity contribution in [1.82, 2.24) is 24.9 Å². The van der Waals surface area contributed by atoms with Crippen molar-refractivity contribution in [1.29, 1.82) is 0 Å². The molecule has 0 bridgehead atoms. The molecule has 11 heteroatoms. The second-order valence-electron chi connectivity index (χ2n) is 7.04. The molecule has 1 unspecified atom stereocenters. The molecule has 2 aromatic rings. The van der Waals surface area contributed by atoms with E-state index in [1.165, 1.54) is 11.1 Å². The molecule has 1 aliphatic rings. The normalized spacial score (nSPS) is 20.0. The van der Waals surface area contributed by atoms with Gasteiger partial charge in [-0.25, -0.2) is 9.67 Å². The van der Waals surface area contributed by atoms with Gasteiger partial charge in [0.2, 0.25) is 0 Å². The van der Waals surface area contributed by atoms with Crippen LogP contribution in [0.4, 0.5) is 13.2 Å². The number of nitrogens with zero attached hydrogens (tertiary/aromatic N) is 5. The Morgan fingerprint density at radius 2 is 2.00 bits per heavy atom. The summed E-state index contributed by atoms with van der Waals surface area (Å²) in [5, 5.41) is 17.1. The van der Waals surface area contributed by atoms with Gasteiger partial charge in [0.25, 0.3) is 5.91 Å². The monoisotopic (exact) mass is 397 g/mol. The van der Waals surface area contributed by atoms with E-state index in [9.17, 15) is 27.9 Å². The molecule has 150 valence electrons. The van der Waals surface area contributed by atoms with Gasteiger partial charge in [-0.15, -0.1) is 5.10 Å². The van der Waals surface area contributed by atoms with Crippen LogP contribution in [0.3, 0.4) is 0 Å². The highest BCUT2D eigenvalue weighted by atomic mass is 19.4. The van der Waals surface area contributed by atoms with Gasteiger partial charge in [-0.05, 0) is 24.5 Å². The zero-order chi connectivity index (χ0) is 20.7. The van der Waals surface area contributed by atoms with E-state index in [4.69, 9.17) is 0 Å². The summed E-state index contributed by atoms with van der Waals surface area (Å²) in [5.74, 6) is -1.52. The molecule has 1 aliphatic heterocycles. The number of likely N-dealkylation sites (tertiary alicyclic amines) is 1. The molecule has 3 heterocycles. The van der Waals surface area contributed by atoms with Crippen LogP contribution in [-0.2, 0) is 11.0 Å². The van der Waals surface area contributed by atoms with Crippen LogP contribution < -0.4 is 0 Å². The van der Waals surface area contributed by atoms with Gasteiger partial charge in [0.05, 0.1) is 17.2 Å². The fourth-order valence-corrected chi connectivity index (χ4v) is 3.22. The third-order valence-electron chi connectivity index (χ3n) is 5.14. The first kappa shape index (κ1) is 19.8. The third kappa shape index (κ3) is 3.43. The standard InChI is InChI=1S/C17H18F3N5O3/c1-10(2)16(15(27)28)5-6-24(9-16)14(26)12-8-25(23-22-12)13-4-3-11(7-21-13)17(18,19)20/h3-4,7-8,10H,5-6,9H2,1-2H3,(H,27,28). The van der Waals surface area contributed by atoms with E-state index in [0.717, 1.165) is 16.8 Å². The van der Waals surface area contributed by atoms with Gasteiger partial charge in [0.15, 0.2) is 11.5 Å². The number of aromatic nitrogens is 4. The number of aliphatic carboxylic acids is 1. The quantitative estimate of drug-likeness (QED) is 0.849. The van der Waals surface area contributed by atoms with Gasteiger partial charge in [-0.3, -0.25) is 9.59 Å². The van der Waals surface area contributed by atoms with Crippen molar-refractivity contribution in [2.45, 2.75) is 26.4 Å². The van der Waals surface area contributed by atoms with E-state index in [1.54, 1.807) is 13.8 Å². The molecule has 1 saturated heterocycles. The van der Waals surface area contributed by atoms with Crippen molar-refractivity contribution < 1.29 is 27.9 Å². The van der Waals surface area contributed by atoms with Crippen molar-refractivity contribution in [2.75, 3.05) is 13.1 Å². The Hall–Kier alpha value is -2.98. The number of carboxylic acids is 1. The van der Waals surface area contributed by atoms with Gasteiger partial charge in [0.1, 0.15) is 0 Å². The summed E-state index contributed by atoms with van der Waals surface area (Å²) in [4.78, 5) is 29.5. The number of carboxylic acid groups (broad SMARTS) is 1. The highest BCUT2D eigenvalue weighted by Crippen LogP contribution is 2.38. The molecule has 3 rings (SSSR count). The predicted octanol–water partition coefficient (Wildman–Crippen LogP) is 2.25. The van der Waals surface area contributed by atoms with E-state index in [0.29, 0.717) is 12.6 Å². The van der Waals surface area contributed by atoms with Crippen LogP contribution in [-0.4, -0.2) is 55.0 Å². The molecular formula is C17H18F3N5O3. The van der Waals surface area contributed by atoms with E-state index >= 15 is 0 Å². The van der Waals surface area contributed by atoms with Crippen molar-refractivity contribution in [2.24, 2.45) is 11.3 Å². The van der Waals surface area contributed by atoms with E-state index in [1.807, 2.05) is 0 Å². The van der Waals surface area contributed by atoms with Gasteiger partial charge < -0.3 is 10.0 Å². The first-order valence-electron chi connectivity index (χ1n) is 8.53. The highest BCUT2D eigenvalue weighted by Gasteiger charge is 2.48. The summed E-state index contributed by atoms with van der Waals surface area (Å²) in [6.45, 7) is 3.93. The lowest BCUT2D eigenvalue weighted by Crippen LogP contribution is -2.40. The molecule has 0 aliphatic carbocycles. The van der Waals surface area contributed by atoms with Gasteiger partial charge in [-0.1, -0.05) is 19.1 Å². The molecule has 0 radical (unpaired) electrons. The molecule has 1 atom stereocenters. The zero-order valence-electron chi connectivity index (χ0n) is 15.1. The van der Waals surface area contributed by atoms with Crippen molar-refractivity contribution in [3.8, 4) is 5.82 Å². The maximum absolute atomic E-state index is 12.7. The molecule has 1 amide bonds. The van der Waals surface area contributed by atoms with Crippen LogP contribution in [0, 0.1) is 11.3 Å². The van der Waals surface area contributed by atoms with E-state index < -0.39 is 29.0 Å². The number of pyridine rings is 1. The van der Waals surface area contributed by atoms with Gasteiger partial charge >= 0.3 is 12.1 Å². The third-order valence-corrected chi connectivity index (χ3v) is 5.14. The Kier molecular flexibility index (Phi) is 4.86. The first-order valence-corrected chi connectivity index (χ1v) is 8.53. The summed E-state index contributed by atoms with van der Waals surface area (Å²) in [7, 11) is 0. The Labute approximate surface area is 158 Å². The van der Waals surface area contributed by atoms with Crippen LogP contribution in [0.15, 0.2) is 24.5 Å². The lowest BCUT2D eigenvalue weighted by Gasteiger charge is -2.28. The SMILES string of the molecule is CC(C)C1(C(=O)O)CCN(C(=O)c2cn(-c3ccc(C(F)(F)F)cn3)nn2)C1. The topological polar surface area (TPSA) is 101 Å². The second kappa shape index (κ2) is 6.88. The van der Waals surface area contributed by atoms with Crippen LogP contribution >= 0.6 is 0 Å². The average Bonchev–Trinajstić information content (AvgIpc) is 3.29. The lowest BCUT2D eigenvalue weighted by molar-refractivity contribution is -0.150. The molecule has 0 spiro atoms. The molecular weight excluding hydrogens is 379 g/mol. The summed E-state index contributed by atoms with van der Waals surface area (Å²) in [5.41, 5.74) is -1.95. The van der Waals surface area contributed by atoms with Crippen LogP contribution in [0.1, 0.15) is 36.3 Å². The van der Waals surface area contributed by atoms with Crippen molar-refractivity contribution in [3.05, 3.63) is 35.8 Å². The first-order chi connectivity index (χ1) is 13.0. The minimum atomic E-state index is -4.50. The predicted molar refractivity (Wildman–Crippen MR) is 89.6 cm³/mol. The Bertz CT molecular complexity index is 894. The number of carbonyl (C=O) groups is 2. The number of amides is 1. The molecule has 0 saturated carbocycles. The molecule has 28 heavy (non-hydrogen) atoms. The van der Waals surface area contributed by atoms with Crippen LogP contribution in [0.2, 0.25) is 0 Å². The van der Waals surface area contributed by atoms with Crippen molar-refractivity contribution >= 4 is 11.9 Å². The Morgan fingerprint density at radius 1 is 1.29 bits per heavy atom. The number of alkyl halides is 3. The summed E-state index contributed by atoms with van der Waals surface area (Å²) < 4.78 is 38.9. The van der Waals surface area contributed by atoms with Crippen LogP contribution in [0.25, 0.3) is 5.82 Å². The van der Waals surface area contributed by atoms with Gasteiger partial charge in [0, 0.05) is 19.3 Å². The average molecular weight is 397 g/mol. The number of carbonyl (C=O) groups excluding carboxylic acids is 1. The number of hydrogen-bond acceptors (Lipinski definition) is 5. The molecule has 1 fully saturated rings. The zero-order valence-corrected chi connectivity index (χ0v) is 15.1. The highest BCUT2D eigenvalue weighted by molar-refractivity contribution is 5.93. The summed E-state index contributed by atoms with van der Waals surface area (Å²) in [6.07, 6.45) is -2.24.